The number of rotatable bonds is 10. The van der Waals surface area contributed by atoms with Crippen LogP contribution in [0.15, 0.2) is 75.1 Å². The Morgan fingerprint density at radius 1 is 1.05 bits per heavy atom. The molecule has 0 bridgehead atoms. The smallest absolute Gasteiger partial charge is 0.264 e. The van der Waals surface area contributed by atoms with Crippen LogP contribution in [0.2, 0.25) is 0 Å². The molecule has 0 saturated heterocycles. The number of anilines is 2. The molecule has 0 aromatic heterocycles. The number of nitrogens with one attached hydrogen (secondary N) is 2. The van der Waals surface area contributed by atoms with Gasteiger partial charge >= 0.3 is 0 Å². The van der Waals surface area contributed by atoms with Gasteiger partial charge in [0.2, 0.25) is 5.91 Å². The van der Waals surface area contributed by atoms with Gasteiger partial charge in [-0.1, -0.05) is 0 Å². The first-order valence-corrected chi connectivity index (χ1v) is 13.2. The number of ether oxygens (including phenoxy) is 2. The molecule has 0 aliphatic heterocycles. The first-order chi connectivity index (χ1) is 18.0. The Bertz CT molecular complexity index is 1440. The maximum absolute atomic E-state index is 13.5. The number of carbonyl (C=O) groups is 2. The summed E-state index contributed by atoms with van der Waals surface area (Å²) in [6.45, 7) is 0.760. The molecule has 0 radical (unpaired) electrons. The van der Waals surface area contributed by atoms with Crippen molar-refractivity contribution in [2.45, 2.75) is 11.8 Å². The summed E-state index contributed by atoms with van der Waals surface area (Å²) in [5.41, 5.74) is 3.47. The number of halogens is 1. The molecule has 0 saturated carbocycles. The van der Waals surface area contributed by atoms with Crippen LogP contribution >= 0.6 is 15.9 Å². The second-order valence-electron chi connectivity index (χ2n) is 7.76. The van der Waals surface area contributed by atoms with Crippen molar-refractivity contribution in [2.24, 2.45) is 5.10 Å². The highest BCUT2D eigenvalue weighted by Gasteiger charge is 2.27. The average Bonchev–Trinajstić information content (AvgIpc) is 2.89. The molecule has 3 rings (SSSR count). The molecular formula is C25H25BrN4O7S. The van der Waals surface area contributed by atoms with E-state index in [0.29, 0.717) is 21.5 Å². The molecule has 3 aromatic carbocycles. The predicted molar refractivity (Wildman–Crippen MR) is 146 cm³/mol. The number of methoxy groups -OCH3 is 2. The van der Waals surface area contributed by atoms with Crippen LogP contribution in [0.1, 0.15) is 12.5 Å². The Balaban J connectivity index is 1.85. The number of aromatic hydroxyl groups is 1. The molecule has 3 aromatic rings. The van der Waals surface area contributed by atoms with Gasteiger partial charge in [-0.25, -0.2) is 13.8 Å². The molecule has 0 atom stereocenters. The SMILES string of the molecule is COc1ccc(N(CC(=O)N/N=C\c2cc(Br)c(O)c(OC)c2)S(=O)(=O)c2ccc(NC(C)=O)cc2)cc1. The fourth-order valence-electron chi connectivity index (χ4n) is 3.27. The van der Waals surface area contributed by atoms with E-state index in [1.807, 2.05) is 0 Å². The summed E-state index contributed by atoms with van der Waals surface area (Å²) >= 11 is 3.21. The topological polar surface area (TPSA) is 147 Å². The van der Waals surface area contributed by atoms with Crippen molar-refractivity contribution in [1.82, 2.24) is 5.43 Å². The number of hydrogen-bond donors (Lipinski definition) is 3. The van der Waals surface area contributed by atoms with Crippen molar-refractivity contribution in [3.8, 4) is 17.2 Å². The summed E-state index contributed by atoms with van der Waals surface area (Å²) in [7, 11) is -1.32. The monoisotopic (exact) mass is 604 g/mol. The minimum atomic E-state index is -4.19. The van der Waals surface area contributed by atoms with Crippen LogP contribution in [0.4, 0.5) is 11.4 Å². The van der Waals surface area contributed by atoms with E-state index in [1.54, 1.807) is 18.2 Å². The van der Waals surface area contributed by atoms with Crippen LogP contribution in [-0.2, 0) is 19.6 Å². The molecule has 13 heteroatoms. The van der Waals surface area contributed by atoms with Crippen LogP contribution in [0.3, 0.4) is 0 Å². The third-order valence-electron chi connectivity index (χ3n) is 5.08. The van der Waals surface area contributed by atoms with E-state index in [2.05, 4.69) is 31.8 Å². The van der Waals surface area contributed by atoms with Crippen LogP contribution in [0.5, 0.6) is 17.2 Å². The number of phenols is 1. The summed E-state index contributed by atoms with van der Waals surface area (Å²) in [6, 6.07) is 14.8. The van der Waals surface area contributed by atoms with Crippen LogP contribution in [-0.4, -0.2) is 52.3 Å². The number of nitrogens with zero attached hydrogens (tertiary/aromatic N) is 2. The number of carbonyl (C=O) groups excluding carboxylic acids is 2. The Morgan fingerprint density at radius 2 is 1.71 bits per heavy atom. The number of phenolic OH excluding ortho intramolecular Hbond substituents is 1. The first kappa shape index (κ1) is 28.5. The second kappa shape index (κ2) is 12.4. The van der Waals surface area contributed by atoms with Gasteiger partial charge in [0.05, 0.1) is 35.5 Å². The van der Waals surface area contributed by atoms with Crippen molar-refractivity contribution < 1.29 is 32.6 Å². The Labute approximate surface area is 228 Å². The third kappa shape index (κ3) is 7.01. The van der Waals surface area contributed by atoms with Crippen molar-refractivity contribution in [3.05, 3.63) is 70.7 Å². The van der Waals surface area contributed by atoms with Gasteiger partial charge in [-0.2, -0.15) is 5.10 Å². The van der Waals surface area contributed by atoms with Crippen LogP contribution in [0, 0.1) is 0 Å². The lowest BCUT2D eigenvalue weighted by Crippen LogP contribution is -2.39. The third-order valence-corrected chi connectivity index (χ3v) is 7.48. The fraction of sp³-hybridized carbons (Fsp3) is 0.160. The van der Waals surface area contributed by atoms with Gasteiger partial charge in [-0.05, 0) is 82.2 Å². The normalized spacial score (nSPS) is 11.2. The number of hydrogen-bond acceptors (Lipinski definition) is 8. The Morgan fingerprint density at radius 3 is 2.29 bits per heavy atom. The van der Waals surface area contributed by atoms with Crippen LogP contribution in [0.25, 0.3) is 0 Å². The lowest BCUT2D eigenvalue weighted by molar-refractivity contribution is -0.119. The van der Waals surface area contributed by atoms with E-state index in [1.165, 1.54) is 69.8 Å². The van der Waals surface area contributed by atoms with E-state index >= 15 is 0 Å². The average molecular weight is 605 g/mol. The van der Waals surface area contributed by atoms with Gasteiger partial charge in [0.25, 0.3) is 15.9 Å². The summed E-state index contributed by atoms with van der Waals surface area (Å²) in [4.78, 5) is 24.0. The number of amides is 2. The van der Waals surface area contributed by atoms with Gasteiger partial charge in [0.1, 0.15) is 12.3 Å². The maximum atomic E-state index is 13.5. The van der Waals surface area contributed by atoms with Gasteiger partial charge in [-0.15, -0.1) is 0 Å². The van der Waals surface area contributed by atoms with Gasteiger partial charge in [0.15, 0.2) is 11.5 Å². The molecule has 2 amide bonds. The summed E-state index contributed by atoms with van der Waals surface area (Å²) in [5.74, 6) is -0.376. The van der Waals surface area contributed by atoms with E-state index < -0.39 is 22.5 Å². The zero-order chi connectivity index (χ0) is 27.9. The molecule has 0 aliphatic rings. The first-order valence-electron chi connectivity index (χ1n) is 11.0. The Kier molecular flexibility index (Phi) is 9.31. The molecular weight excluding hydrogens is 580 g/mol. The fourth-order valence-corrected chi connectivity index (χ4v) is 5.15. The molecule has 0 heterocycles. The van der Waals surface area contributed by atoms with E-state index in [4.69, 9.17) is 9.47 Å². The quantitative estimate of drug-likeness (QED) is 0.237. The number of hydrazone groups is 1. The van der Waals surface area contributed by atoms with Gasteiger partial charge in [-0.3, -0.25) is 13.9 Å². The Hall–Kier alpha value is -4.10. The standard InChI is InChI=1S/C25H25BrN4O7S/c1-16(31)28-18-4-10-21(11-5-18)38(34,35)30(19-6-8-20(36-2)9-7-19)15-24(32)29-27-14-17-12-22(26)25(33)23(13-17)37-3/h4-14,33H,15H2,1-3H3,(H,28,31)(H,29,32)/b27-14-. The largest absolute Gasteiger partial charge is 0.503 e. The van der Waals surface area contributed by atoms with E-state index in [9.17, 15) is 23.1 Å². The molecule has 0 fully saturated rings. The molecule has 0 unspecified atom stereocenters. The highest BCUT2D eigenvalue weighted by Crippen LogP contribution is 2.34. The molecule has 0 spiro atoms. The van der Waals surface area contributed by atoms with Crippen molar-refractivity contribution in [1.29, 1.82) is 0 Å². The molecule has 11 nitrogen and oxygen atoms in total. The zero-order valence-corrected chi connectivity index (χ0v) is 23.0. The molecule has 0 aliphatic carbocycles. The molecule has 3 N–H and O–H groups in total. The van der Waals surface area contributed by atoms with Gasteiger partial charge < -0.3 is 19.9 Å². The highest BCUT2D eigenvalue weighted by molar-refractivity contribution is 9.10. The minimum Gasteiger partial charge on any atom is -0.503 e. The lowest BCUT2D eigenvalue weighted by Gasteiger charge is -2.24. The number of benzene rings is 3. The predicted octanol–water partition coefficient (Wildman–Crippen LogP) is 3.48. The lowest BCUT2D eigenvalue weighted by atomic mass is 10.2. The van der Waals surface area contributed by atoms with Crippen molar-refractivity contribution in [2.75, 3.05) is 30.4 Å². The minimum absolute atomic E-state index is 0.0836. The highest BCUT2D eigenvalue weighted by atomic mass is 79.9. The van der Waals surface area contributed by atoms with Crippen LogP contribution < -0.4 is 24.5 Å². The number of sulfonamides is 1. The molecule has 38 heavy (non-hydrogen) atoms. The zero-order valence-electron chi connectivity index (χ0n) is 20.6. The van der Waals surface area contributed by atoms with E-state index in [0.717, 1.165) is 4.31 Å². The summed E-state index contributed by atoms with van der Waals surface area (Å²) in [6.07, 6.45) is 1.32. The summed E-state index contributed by atoms with van der Waals surface area (Å²) < 4.78 is 38.6. The summed E-state index contributed by atoms with van der Waals surface area (Å²) in [5, 5.41) is 16.4. The van der Waals surface area contributed by atoms with Gasteiger partial charge in [0, 0.05) is 12.6 Å². The van der Waals surface area contributed by atoms with Crippen molar-refractivity contribution in [3.63, 3.8) is 0 Å². The molecule has 200 valence electrons. The van der Waals surface area contributed by atoms with Crippen molar-refractivity contribution >= 4 is 55.4 Å². The second-order valence-corrected chi connectivity index (χ2v) is 10.5. The van der Waals surface area contributed by atoms with E-state index in [-0.39, 0.29) is 28.0 Å². The maximum Gasteiger partial charge on any atom is 0.264 e.